The molecule has 2 N–H and O–H groups in total. The van der Waals surface area contributed by atoms with Crippen molar-refractivity contribution < 1.29 is 0 Å². The summed E-state index contributed by atoms with van der Waals surface area (Å²) in [5.41, 5.74) is 0. The summed E-state index contributed by atoms with van der Waals surface area (Å²) in [6.45, 7) is 2.10. The molecule has 2 rings (SSSR count). The van der Waals surface area contributed by atoms with E-state index in [1.165, 1.54) is 0 Å². The summed E-state index contributed by atoms with van der Waals surface area (Å²) >= 11 is 0. The third kappa shape index (κ3) is 1.35. The van der Waals surface area contributed by atoms with Crippen LogP contribution in [0.4, 0.5) is 5.82 Å². The van der Waals surface area contributed by atoms with Crippen LogP contribution in [0, 0.1) is 0 Å². The Labute approximate surface area is 65.6 Å². The molecule has 0 aliphatic carbocycles. The van der Waals surface area contributed by atoms with E-state index in [-0.39, 0.29) is 0 Å². The molecule has 0 atom stereocenters. The van der Waals surface area contributed by atoms with E-state index in [2.05, 4.69) is 15.7 Å². The Morgan fingerprint density at radius 2 is 2.55 bits per heavy atom. The molecule has 2 heterocycles. The van der Waals surface area contributed by atoms with Crippen molar-refractivity contribution in [3.05, 3.63) is 12.3 Å². The van der Waals surface area contributed by atoms with Crippen LogP contribution in [0.1, 0.15) is 0 Å². The predicted octanol–water partition coefficient (Wildman–Crippen LogP) is -0.196. The maximum Gasteiger partial charge on any atom is 0.148 e. The minimum atomic E-state index is 0.574. The predicted molar refractivity (Wildman–Crippen MR) is 43.5 cm³/mol. The quantitative estimate of drug-likeness (QED) is 0.617. The Morgan fingerprint density at radius 1 is 1.73 bits per heavy atom. The number of hydrogen-bond donors (Lipinski definition) is 2. The molecule has 0 spiro atoms. The first-order valence-electron chi connectivity index (χ1n) is 3.81. The number of rotatable bonds is 2. The van der Waals surface area contributed by atoms with Crippen molar-refractivity contribution in [3.63, 3.8) is 0 Å². The normalized spacial score (nSPS) is 17.9. The molecule has 4 nitrogen and oxygen atoms in total. The van der Waals surface area contributed by atoms with E-state index in [1.807, 2.05) is 19.3 Å². The molecule has 0 radical (unpaired) electrons. The van der Waals surface area contributed by atoms with Gasteiger partial charge in [-0.2, -0.15) is 5.10 Å². The average Bonchev–Trinajstić information content (AvgIpc) is 2.27. The maximum absolute atomic E-state index is 4.21. The van der Waals surface area contributed by atoms with E-state index in [9.17, 15) is 0 Å². The van der Waals surface area contributed by atoms with Gasteiger partial charge in [0.1, 0.15) is 5.82 Å². The van der Waals surface area contributed by atoms with Gasteiger partial charge in [-0.15, -0.1) is 0 Å². The second-order valence-corrected chi connectivity index (χ2v) is 2.87. The van der Waals surface area contributed by atoms with Gasteiger partial charge in [0.25, 0.3) is 0 Å². The highest BCUT2D eigenvalue weighted by molar-refractivity contribution is 5.34. The van der Waals surface area contributed by atoms with Gasteiger partial charge in [-0.3, -0.25) is 4.68 Å². The monoisotopic (exact) mass is 152 g/mol. The van der Waals surface area contributed by atoms with E-state index in [4.69, 9.17) is 0 Å². The Bertz CT molecular complexity index is 238. The molecule has 1 fully saturated rings. The number of nitrogens with one attached hydrogen (secondary N) is 2. The number of aromatic nitrogens is 2. The van der Waals surface area contributed by atoms with Crippen molar-refractivity contribution in [2.24, 2.45) is 7.05 Å². The largest absolute Gasteiger partial charge is 0.363 e. The summed E-state index contributed by atoms with van der Waals surface area (Å²) in [7, 11) is 1.92. The number of nitrogens with zero attached hydrogens (tertiary/aromatic N) is 2. The average molecular weight is 152 g/mol. The second kappa shape index (κ2) is 2.54. The van der Waals surface area contributed by atoms with Crippen LogP contribution in [0.5, 0.6) is 0 Å². The summed E-state index contributed by atoms with van der Waals surface area (Å²) in [5, 5.41) is 10.7. The second-order valence-electron chi connectivity index (χ2n) is 2.87. The van der Waals surface area contributed by atoms with Gasteiger partial charge in [0, 0.05) is 32.4 Å². The molecule has 0 amide bonds. The highest BCUT2D eigenvalue weighted by Gasteiger charge is 2.16. The van der Waals surface area contributed by atoms with Crippen LogP contribution in [0.2, 0.25) is 0 Å². The molecule has 1 aliphatic heterocycles. The topological polar surface area (TPSA) is 41.9 Å². The highest BCUT2D eigenvalue weighted by Crippen LogP contribution is 2.05. The highest BCUT2D eigenvalue weighted by atomic mass is 15.3. The maximum atomic E-state index is 4.21. The third-order valence-corrected chi connectivity index (χ3v) is 1.85. The van der Waals surface area contributed by atoms with Crippen LogP contribution in [0.25, 0.3) is 0 Å². The van der Waals surface area contributed by atoms with Gasteiger partial charge in [0.15, 0.2) is 0 Å². The fourth-order valence-electron chi connectivity index (χ4n) is 1.09. The zero-order valence-corrected chi connectivity index (χ0v) is 6.54. The van der Waals surface area contributed by atoms with Crippen molar-refractivity contribution in [3.8, 4) is 0 Å². The minimum absolute atomic E-state index is 0.574. The number of aryl methyl sites for hydroxylation is 1. The minimum Gasteiger partial charge on any atom is -0.363 e. The van der Waals surface area contributed by atoms with Crippen LogP contribution in [-0.2, 0) is 7.05 Å². The lowest BCUT2D eigenvalue weighted by atomic mass is 10.2. The Morgan fingerprint density at radius 3 is 3.00 bits per heavy atom. The molecule has 1 aliphatic rings. The van der Waals surface area contributed by atoms with E-state index < -0.39 is 0 Å². The summed E-state index contributed by atoms with van der Waals surface area (Å²) < 4.78 is 1.80. The van der Waals surface area contributed by atoms with Crippen molar-refractivity contribution >= 4 is 5.82 Å². The molecular formula is C7H12N4. The summed E-state index contributed by atoms with van der Waals surface area (Å²) in [6.07, 6.45) is 1.94. The SMILES string of the molecule is Cn1ccc(NC2CNC2)n1. The Kier molecular flexibility index (Phi) is 1.54. The van der Waals surface area contributed by atoms with Crippen LogP contribution in [-0.4, -0.2) is 28.9 Å². The van der Waals surface area contributed by atoms with Crippen LogP contribution in [0.3, 0.4) is 0 Å². The molecule has 1 aromatic heterocycles. The van der Waals surface area contributed by atoms with Gasteiger partial charge in [-0.25, -0.2) is 0 Å². The van der Waals surface area contributed by atoms with E-state index >= 15 is 0 Å². The molecule has 1 saturated heterocycles. The zero-order chi connectivity index (χ0) is 7.68. The van der Waals surface area contributed by atoms with Crippen molar-refractivity contribution in [2.45, 2.75) is 6.04 Å². The summed E-state index contributed by atoms with van der Waals surface area (Å²) in [4.78, 5) is 0. The third-order valence-electron chi connectivity index (χ3n) is 1.85. The lowest BCUT2D eigenvalue weighted by Crippen LogP contribution is -2.51. The molecule has 0 unspecified atom stereocenters. The van der Waals surface area contributed by atoms with Crippen molar-refractivity contribution in [2.75, 3.05) is 18.4 Å². The van der Waals surface area contributed by atoms with Crippen LogP contribution >= 0.6 is 0 Å². The lowest BCUT2D eigenvalue weighted by molar-refractivity contribution is 0.470. The first-order valence-corrected chi connectivity index (χ1v) is 3.81. The smallest absolute Gasteiger partial charge is 0.148 e. The van der Waals surface area contributed by atoms with Gasteiger partial charge in [0.2, 0.25) is 0 Å². The first-order chi connectivity index (χ1) is 5.34. The number of anilines is 1. The fourth-order valence-corrected chi connectivity index (χ4v) is 1.09. The van der Waals surface area contributed by atoms with Crippen molar-refractivity contribution in [1.82, 2.24) is 15.1 Å². The molecule has 60 valence electrons. The molecule has 0 saturated carbocycles. The Hall–Kier alpha value is -1.03. The molecule has 0 bridgehead atoms. The molecule has 4 heteroatoms. The first kappa shape index (κ1) is 6.67. The van der Waals surface area contributed by atoms with Gasteiger partial charge in [0.05, 0.1) is 6.04 Å². The van der Waals surface area contributed by atoms with Gasteiger partial charge in [-0.05, 0) is 0 Å². The summed E-state index contributed by atoms with van der Waals surface area (Å²) in [5.74, 6) is 0.971. The zero-order valence-electron chi connectivity index (χ0n) is 6.54. The molecule has 11 heavy (non-hydrogen) atoms. The molecule has 0 aromatic carbocycles. The van der Waals surface area contributed by atoms with Crippen molar-refractivity contribution in [1.29, 1.82) is 0 Å². The van der Waals surface area contributed by atoms with Crippen LogP contribution < -0.4 is 10.6 Å². The van der Waals surface area contributed by atoms with E-state index in [0.717, 1.165) is 18.9 Å². The summed E-state index contributed by atoms with van der Waals surface area (Å²) in [6, 6.07) is 2.56. The molecular weight excluding hydrogens is 140 g/mol. The molecule has 1 aromatic rings. The number of hydrogen-bond acceptors (Lipinski definition) is 3. The van der Waals surface area contributed by atoms with E-state index in [0.29, 0.717) is 6.04 Å². The van der Waals surface area contributed by atoms with Gasteiger partial charge in [-0.1, -0.05) is 0 Å². The van der Waals surface area contributed by atoms with E-state index in [1.54, 1.807) is 4.68 Å². The fraction of sp³-hybridized carbons (Fsp3) is 0.571. The van der Waals surface area contributed by atoms with Gasteiger partial charge >= 0.3 is 0 Å². The van der Waals surface area contributed by atoms with Crippen LogP contribution in [0.15, 0.2) is 12.3 Å². The standard InChI is InChI=1S/C7H12N4/c1-11-3-2-7(10-11)9-6-4-8-5-6/h2-3,6,8H,4-5H2,1H3,(H,9,10). The lowest BCUT2D eigenvalue weighted by Gasteiger charge is -2.27. The Balaban J connectivity index is 1.95. The van der Waals surface area contributed by atoms with Gasteiger partial charge < -0.3 is 10.6 Å².